The van der Waals surface area contributed by atoms with Gasteiger partial charge in [-0.05, 0) is 44.0 Å². The fourth-order valence-electron chi connectivity index (χ4n) is 2.63. The molecular formula is C20H21ClN2O4. The molecule has 0 bridgehead atoms. The average Bonchev–Trinajstić information content (AvgIpc) is 2.61. The van der Waals surface area contributed by atoms with E-state index in [0.717, 1.165) is 22.4 Å². The molecule has 0 spiro atoms. The lowest BCUT2D eigenvalue weighted by atomic mass is 10.1. The van der Waals surface area contributed by atoms with Gasteiger partial charge in [0, 0.05) is 5.69 Å². The molecule has 0 heterocycles. The maximum atomic E-state index is 12.1. The van der Waals surface area contributed by atoms with Crippen molar-refractivity contribution in [2.24, 2.45) is 0 Å². The van der Waals surface area contributed by atoms with Gasteiger partial charge >= 0.3 is 5.97 Å². The number of esters is 1. The van der Waals surface area contributed by atoms with Crippen molar-refractivity contribution in [3.05, 3.63) is 63.7 Å². The second-order valence-electron chi connectivity index (χ2n) is 6.15. The Bertz CT molecular complexity index is 857. The molecule has 2 N–H and O–H groups in total. The summed E-state index contributed by atoms with van der Waals surface area (Å²) in [5.41, 5.74) is 3.90. The van der Waals surface area contributed by atoms with Crippen LogP contribution < -0.4 is 10.6 Å². The second-order valence-corrected chi connectivity index (χ2v) is 6.56. The first kappa shape index (κ1) is 20.5. The molecule has 0 aliphatic carbocycles. The lowest BCUT2D eigenvalue weighted by molar-refractivity contribution is -0.126. The zero-order valence-corrected chi connectivity index (χ0v) is 16.1. The van der Waals surface area contributed by atoms with Gasteiger partial charge in [0.2, 0.25) is 5.91 Å². The van der Waals surface area contributed by atoms with Crippen LogP contribution in [0.2, 0.25) is 5.02 Å². The highest BCUT2D eigenvalue weighted by Gasteiger charge is 2.14. The number of amides is 2. The molecule has 0 aromatic heterocycles. The van der Waals surface area contributed by atoms with E-state index in [9.17, 15) is 14.4 Å². The van der Waals surface area contributed by atoms with Crippen LogP contribution in [0, 0.1) is 20.8 Å². The van der Waals surface area contributed by atoms with Gasteiger partial charge < -0.3 is 15.4 Å². The van der Waals surface area contributed by atoms with E-state index in [4.69, 9.17) is 16.3 Å². The average molecular weight is 389 g/mol. The molecule has 27 heavy (non-hydrogen) atoms. The molecule has 0 saturated heterocycles. The Morgan fingerprint density at radius 2 is 1.63 bits per heavy atom. The Balaban J connectivity index is 1.81. The minimum absolute atomic E-state index is 0.176. The Kier molecular flexibility index (Phi) is 6.96. The molecule has 142 valence electrons. The first-order chi connectivity index (χ1) is 12.8. The Labute approximate surface area is 162 Å². The van der Waals surface area contributed by atoms with Crippen LogP contribution in [0.3, 0.4) is 0 Å². The number of hydrogen-bond donors (Lipinski definition) is 2. The molecule has 0 unspecified atom stereocenters. The number of anilines is 1. The normalized spacial score (nSPS) is 10.2. The lowest BCUT2D eigenvalue weighted by Crippen LogP contribution is -2.35. The molecule has 0 fully saturated rings. The number of halogens is 1. The number of carbonyl (C=O) groups is 3. The highest BCUT2D eigenvalue weighted by molar-refractivity contribution is 6.33. The van der Waals surface area contributed by atoms with Gasteiger partial charge in [-0.2, -0.15) is 0 Å². The Morgan fingerprint density at radius 1 is 1.00 bits per heavy atom. The van der Waals surface area contributed by atoms with Gasteiger partial charge in [0.15, 0.2) is 6.61 Å². The highest BCUT2D eigenvalue weighted by Crippen LogP contribution is 2.21. The molecule has 6 nitrogen and oxygen atoms in total. The smallest absolute Gasteiger partial charge is 0.340 e. The number of ether oxygens (including phenoxy) is 1. The van der Waals surface area contributed by atoms with Gasteiger partial charge in [0.25, 0.3) is 5.91 Å². The zero-order valence-electron chi connectivity index (χ0n) is 15.4. The topological polar surface area (TPSA) is 84.5 Å². The third kappa shape index (κ3) is 5.82. The minimum Gasteiger partial charge on any atom is -0.452 e. The van der Waals surface area contributed by atoms with E-state index in [0.29, 0.717) is 0 Å². The number of aryl methyl sites for hydroxylation is 3. The van der Waals surface area contributed by atoms with Crippen molar-refractivity contribution in [2.45, 2.75) is 20.8 Å². The fourth-order valence-corrected chi connectivity index (χ4v) is 2.84. The van der Waals surface area contributed by atoms with Crippen molar-refractivity contribution in [3.63, 3.8) is 0 Å². The number of hydrogen-bond acceptors (Lipinski definition) is 4. The predicted molar refractivity (Wildman–Crippen MR) is 104 cm³/mol. The van der Waals surface area contributed by atoms with E-state index in [2.05, 4.69) is 10.6 Å². The van der Waals surface area contributed by atoms with E-state index < -0.39 is 18.5 Å². The summed E-state index contributed by atoms with van der Waals surface area (Å²) in [5.74, 6) is -1.65. The first-order valence-corrected chi connectivity index (χ1v) is 8.71. The second kappa shape index (κ2) is 9.19. The monoisotopic (exact) mass is 388 g/mol. The van der Waals surface area contributed by atoms with Crippen molar-refractivity contribution < 1.29 is 19.1 Å². The standard InChI is InChI=1S/C20H21ClN2O4/c1-12-8-13(2)19(14(3)9-12)23-17(24)10-22-18(25)11-27-20(26)15-6-4-5-7-16(15)21/h4-9H,10-11H2,1-3H3,(H,22,25)(H,23,24). The maximum Gasteiger partial charge on any atom is 0.340 e. The van der Waals surface area contributed by atoms with Crippen molar-refractivity contribution in [2.75, 3.05) is 18.5 Å². The maximum absolute atomic E-state index is 12.1. The van der Waals surface area contributed by atoms with Crippen LogP contribution in [0.25, 0.3) is 0 Å². The van der Waals surface area contributed by atoms with Crippen LogP contribution >= 0.6 is 11.6 Å². The van der Waals surface area contributed by atoms with Gasteiger partial charge in [0.05, 0.1) is 17.1 Å². The van der Waals surface area contributed by atoms with Crippen molar-refractivity contribution >= 4 is 35.1 Å². The molecule has 0 radical (unpaired) electrons. The van der Waals surface area contributed by atoms with Gasteiger partial charge in [-0.3, -0.25) is 9.59 Å². The molecule has 0 aliphatic rings. The van der Waals surface area contributed by atoms with Crippen molar-refractivity contribution in [1.29, 1.82) is 0 Å². The summed E-state index contributed by atoms with van der Waals surface area (Å²) < 4.78 is 4.91. The molecule has 2 rings (SSSR count). The highest BCUT2D eigenvalue weighted by atomic mass is 35.5. The van der Waals surface area contributed by atoms with E-state index in [1.165, 1.54) is 6.07 Å². The predicted octanol–water partition coefficient (Wildman–Crippen LogP) is 3.18. The first-order valence-electron chi connectivity index (χ1n) is 8.34. The number of benzene rings is 2. The van der Waals surface area contributed by atoms with Crippen LogP contribution in [-0.2, 0) is 14.3 Å². The zero-order chi connectivity index (χ0) is 20.0. The molecule has 0 saturated carbocycles. The summed E-state index contributed by atoms with van der Waals surface area (Å²) in [6.07, 6.45) is 0. The van der Waals surface area contributed by atoms with E-state index in [1.54, 1.807) is 18.2 Å². The fraction of sp³-hybridized carbons (Fsp3) is 0.250. The number of rotatable bonds is 6. The summed E-state index contributed by atoms with van der Waals surface area (Å²) in [7, 11) is 0. The summed E-state index contributed by atoms with van der Waals surface area (Å²) in [4.78, 5) is 35.7. The van der Waals surface area contributed by atoms with E-state index in [-0.39, 0.29) is 23.0 Å². The van der Waals surface area contributed by atoms with Crippen molar-refractivity contribution in [3.8, 4) is 0 Å². The van der Waals surface area contributed by atoms with Crippen LogP contribution in [0.5, 0.6) is 0 Å². The SMILES string of the molecule is Cc1cc(C)c(NC(=O)CNC(=O)COC(=O)c2ccccc2Cl)c(C)c1. The molecule has 7 heteroatoms. The number of nitrogens with one attached hydrogen (secondary N) is 2. The van der Waals surface area contributed by atoms with Crippen LogP contribution in [-0.4, -0.2) is 30.9 Å². The van der Waals surface area contributed by atoms with Gasteiger partial charge in [0.1, 0.15) is 0 Å². The summed E-state index contributed by atoms with van der Waals surface area (Å²) in [5, 5.41) is 5.44. The summed E-state index contributed by atoms with van der Waals surface area (Å²) in [6, 6.07) is 10.3. The molecular weight excluding hydrogens is 368 g/mol. The third-order valence-corrected chi connectivity index (χ3v) is 4.15. The van der Waals surface area contributed by atoms with Crippen LogP contribution in [0.15, 0.2) is 36.4 Å². The van der Waals surface area contributed by atoms with E-state index in [1.807, 2.05) is 32.9 Å². The number of carbonyl (C=O) groups excluding carboxylic acids is 3. The third-order valence-electron chi connectivity index (χ3n) is 3.82. The Morgan fingerprint density at radius 3 is 2.26 bits per heavy atom. The van der Waals surface area contributed by atoms with E-state index >= 15 is 0 Å². The summed E-state index contributed by atoms with van der Waals surface area (Å²) >= 11 is 5.90. The molecule has 2 aromatic carbocycles. The van der Waals surface area contributed by atoms with Gasteiger partial charge in [-0.1, -0.05) is 41.4 Å². The minimum atomic E-state index is -0.703. The van der Waals surface area contributed by atoms with Crippen molar-refractivity contribution in [1.82, 2.24) is 5.32 Å². The molecule has 0 atom stereocenters. The van der Waals surface area contributed by atoms with Crippen LogP contribution in [0.4, 0.5) is 5.69 Å². The quantitative estimate of drug-likeness (QED) is 0.744. The summed E-state index contributed by atoms with van der Waals surface area (Å²) in [6.45, 7) is 5.07. The Hall–Kier alpha value is -2.86. The lowest BCUT2D eigenvalue weighted by Gasteiger charge is -2.13. The van der Waals surface area contributed by atoms with Gasteiger partial charge in [-0.25, -0.2) is 4.79 Å². The molecule has 0 aliphatic heterocycles. The largest absolute Gasteiger partial charge is 0.452 e. The molecule has 2 aromatic rings. The van der Waals surface area contributed by atoms with Gasteiger partial charge in [-0.15, -0.1) is 0 Å². The van der Waals surface area contributed by atoms with Crippen LogP contribution in [0.1, 0.15) is 27.0 Å². The molecule has 2 amide bonds.